The van der Waals surface area contributed by atoms with E-state index >= 15 is 0 Å². The maximum absolute atomic E-state index is 13.2. The molecule has 1 heterocycles. The van der Waals surface area contributed by atoms with Gasteiger partial charge in [0.25, 0.3) is 11.8 Å². The highest BCUT2D eigenvalue weighted by atomic mass is 19.1. The Morgan fingerprint density at radius 3 is 2.21 bits per heavy atom. The molecule has 29 heavy (non-hydrogen) atoms. The van der Waals surface area contributed by atoms with E-state index in [1.807, 2.05) is 12.1 Å². The summed E-state index contributed by atoms with van der Waals surface area (Å²) in [6.07, 6.45) is 1.57. The Morgan fingerprint density at radius 2 is 1.66 bits per heavy atom. The Hall–Kier alpha value is -3.02. The van der Waals surface area contributed by atoms with Crippen molar-refractivity contribution in [3.05, 3.63) is 65.5 Å². The van der Waals surface area contributed by atoms with E-state index in [2.05, 4.69) is 13.8 Å². The molecule has 1 aliphatic carbocycles. The van der Waals surface area contributed by atoms with E-state index in [4.69, 9.17) is 0 Å². The minimum atomic E-state index is -0.822. The molecule has 1 saturated heterocycles. The second-order valence-electron chi connectivity index (χ2n) is 7.98. The van der Waals surface area contributed by atoms with Gasteiger partial charge in [0.15, 0.2) is 0 Å². The zero-order valence-corrected chi connectivity index (χ0v) is 16.5. The van der Waals surface area contributed by atoms with Crippen LogP contribution >= 0.6 is 0 Å². The molecule has 6 heteroatoms. The van der Waals surface area contributed by atoms with Crippen molar-refractivity contribution in [2.75, 3.05) is 4.90 Å². The van der Waals surface area contributed by atoms with Gasteiger partial charge < -0.3 is 4.90 Å². The molecular formula is C23H23FN2O3. The average Bonchev–Trinajstić information content (AvgIpc) is 3.48. The fraction of sp³-hybridized carbons (Fsp3) is 0.348. The predicted octanol–water partition coefficient (Wildman–Crippen LogP) is 3.89. The third kappa shape index (κ3) is 3.67. The molecular weight excluding hydrogens is 371 g/mol. The summed E-state index contributed by atoms with van der Waals surface area (Å²) in [6.45, 7) is 4.15. The average molecular weight is 394 g/mol. The number of halogens is 1. The van der Waals surface area contributed by atoms with Crippen LogP contribution in [0.1, 0.15) is 54.9 Å². The predicted molar refractivity (Wildman–Crippen MR) is 107 cm³/mol. The lowest BCUT2D eigenvalue weighted by molar-refractivity contribution is -0.122. The van der Waals surface area contributed by atoms with Gasteiger partial charge in [-0.1, -0.05) is 26.0 Å². The summed E-state index contributed by atoms with van der Waals surface area (Å²) in [4.78, 5) is 41.6. The Kier molecular flexibility index (Phi) is 4.94. The SMILES string of the molecule is CC(C)c1ccc(N2C(=O)CC(N(C(=O)c3ccc(F)cc3)C3CC3)C2=O)cc1. The van der Waals surface area contributed by atoms with Gasteiger partial charge in [0.05, 0.1) is 12.1 Å². The first-order valence-electron chi connectivity index (χ1n) is 9.92. The molecule has 3 amide bonds. The molecule has 1 saturated carbocycles. The minimum absolute atomic E-state index is 0.0335. The van der Waals surface area contributed by atoms with E-state index in [9.17, 15) is 18.8 Å². The molecule has 1 atom stereocenters. The van der Waals surface area contributed by atoms with Crippen LogP contribution in [0.25, 0.3) is 0 Å². The normalized spacial score (nSPS) is 19.2. The van der Waals surface area contributed by atoms with E-state index in [0.29, 0.717) is 17.2 Å². The Labute approximate surface area is 169 Å². The van der Waals surface area contributed by atoms with Crippen molar-refractivity contribution < 1.29 is 18.8 Å². The molecule has 1 aliphatic heterocycles. The molecule has 2 aliphatic rings. The van der Waals surface area contributed by atoms with Crippen molar-refractivity contribution in [2.45, 2.75) is 51.1 Å². The largest absolute Gasteiger partial charge is 0.323 e. The van der Waals surface area contributed by atoms with E-state index in [0.717, 1.165) is 18.4 Å². The number of hydrogen-bond donors (Lipinski definition) is 0. The molecule has 0 radical (unpaired) electrons. The van der Waals surface area contributed by atoms with Crippen LogP contribution in [0.2, 0.25) is 0 Å². The number of anilines is 1. The van der Waals surface area contributed by atoms with Crippen molar-refractivity contribution in [1.82, 2.24) is 4.90 Å². The van der Waals surface area contributed by atoms with E-state index in [1.54, 1.807) is 12.1 Å². The third-order valence-electron chi connectivity index (χ3n) is 5.54. The molecule has 0 N–H and O–H groups in total. The summed E-state index contributed by atoms with van der Waals surface area (Å²) >= 11 is 0. The highest BCUT2D eigenvalue weighted by molar-refractivity contribution is 6.23. The fourth-order valence-corrected chi connectivity index (χ4v) is 3.77. The number of amides is 3. The minimum Gasteiger partial charge on any atom is -0.323 e. The number of benzene rings is 2. The van der Waals surface area contributed by atoms with Gasteiger partial charge in [-0.3, -0.25) is 14.4 Å². The molecule has 1 unspecified atom stereocenters. The number of carbonyl (C=O) groups excluding carboxylic acids is 3. The van der Waals surface area contributed by atoms with Gasteiger partial charge in [0.2, 0.25) is 5.91 Å². The molecule has 0 spiro atoms. The summed E-state index contributed by atoms with van der Waals surface area (Å²) in [5.74, 6) is -1.11. The first-order valence-corrected chi connectivity index (χ1v) is 9.92. The highest BCUT2D eigenvalue weighted by Gasteiger charge is 2.48. The summed E-state index contributed by atoms with van der Waals surface area (Å²) in [7, 11) is 0. The zero-order chi connectivity index (χ0) is 20.7. The second kappa shape index (κ2) is 7.43. The van der Waals surface area contributed by atoms with Gasteiger partial charge in [-0.25, -0.2) is 9.29 Å². The summed E-state index contributed by atoms with van der Waals surface area (Å²) < 4.78 is 13.2. The summed E-state index contributed by atoms with van der Waals surface area (Å²) in [6, 6.07) is 11.8. The maximum Gasteiger partial charge on any atom is 0.257 e. The monoisotopic (exact) mass is 394 g/mol. The van der Waals surface area contributed by atoms with Crippen molar-refractivity contribution in [2.24, 2.45) is 0 Å². The van der Waals surface area contributed by atoms with Crippen molar-refractivity contribution in [3.8, 4) is 0 Å². The summed E-state index contributed by atoms with van der Waals surface area (Å²) in [5.41, 5.74) is 1.96. The molecule has 4 rings (SSSR count). The van der Waals surface area contributed by atoms with Gasteiger partial charge in [0, 0.05) is 11.6 Å². The lowest BCUT2D eigenvalue weighted by Gasteiger charge is -2.27. The fourth-order valence-electron chi connectivity index (χ4n) is 3.77. The van der Waals surface area contributed by atoms with Gasteiger partial charge in [0.1, 0.15) is 11.9 Å². The molecule has 150 valence electrons. The smallest absolute Gasteiger partial charge is 0.257 e. The van der Waals surface area contributed by atoms with Gasteiger partial charge in [-0.15, -0.1) is 0 Å². The molecule has 2 fully saturated rings. The maximum atomic E-state index is 13.2. The highest BCUT2D eigenvalue weighted by Crippen LogP contribution is 2.35. The van der Waals surface area contributed by atoms with Gasteiger partial charge >= 0.3 is 0 Å². The Morgan fingerprint density at radius 1 is 1.03 bits per heavy atom. The topological polar surface area (TPSA) is 57.7 Å². The number of imide groups is 1. The van der Waals surface area contributed by atoms with Gasteiger partial charge in [-0.2, -0.15) is 0 Å². The van der Waals surface area contributed by atoms with E-state index in [-0.39, 0.29) is 30.2 Å². The molecule has 0 aromatic heterocycles. The van der Waals surface area contributed by atoms with Crippen LogP contribution in [0.15, 0.2) is 48.5 Å². The van der Waals surface area contributed by atoms with E-state index in [1.165, 1.54) is 34.1 Å². The van der Waals surface area contributed by atoms with Crippen LogP contribution in [0.4, 0.5) is 10.1 Å². The second-order valence-corrected chi connectivity index (χ2v) is 7.98. The number of nitrogens with zero attached hydrogens (tertiary/aromatic N) is 2. The Bertz CT molecular complexity index is 949. The van der Waals surface area contributed by atoms with Crippen molar-refractivity contribution in [3.63, 3.8) is 0 Å². The first-order chi connectivity index (χ1) is 13.9. The van der Waals surface area contributed by atoms with Gasteiger partial charge in [-0.05, 0) is 60.7 Å². The summed E-state index contributed by atoms with van der Waals surface area (Å²) in [5, 5.41) is 0. The van der Waals surface area contributed by atoms with Crippen LogP contribution < -0.4 is 4.90 Å². The molecule has 0 bridgehead atoms. The molecule has 5 nitrogen and oxygen atoms in total. The van der Waals surface area contributed by atoms with Crippen LogP contribution in [0.5, 0.6) is 0 Å². The number of hydrogen-bond acceptors (Lipinski definition) is 3. The standard InChI is InChI=1S/C23H23FN2O3/c1-14(2)15-5-9-19(10-6-15)26-21(27)13-20(23(26)29)25(18-11-12-18)22(28)16-3-7-17(24)8-4-16/h3-10,14,18,20H,11-13H2,1-2H3. The molecule has 2 aromatic carbocycles. The van der Waals surface area contributed by atoms with Crippen LogP contribution in [0, 0.1) is 5.82 Å². The van der Waals surface area contributed by atoms with Crippen LogP contribution in [0.3, 0.4) is 0 Å². The third-order valence-corrected chi connectivity index (χ3v) is 5.54. The lowest BCUT2D eigenvalue weighted by atomic mass is 10.0. The number of carbonyl (C=O) groups is 3. The van der Waals surface area contributed by atoms with E-state index < -0.39 is 11.9 Å². The quantitative estimate of drug-likeness (QED) is 0.723. The number of rotatable bonds is 5. The molecule has 2 aromatic rings. The van der Waals surface area contributed by atoms with Crippen LogP contribution in [-0.2, 0) is 9.59 Å². The first kappa shape index (κ1) is 19.3. The van der Waals surface area contributed by atoms with Crippen molar-refractivity contribution >= 4 is 23.4 Å². The van der Waals surface area contributed by atoms with Crippen LogP contribution in [-0.4, -0.2) is 34.7 Å². The van der Waals surface area contributed by atoms with Crippen molar-refractivity contribution in [1.29, 1.82) is 0 Å². The Balaban J connectivity index is 1.60. The zero-order valence-electron chi connectivity index (χ0n) is 16.5. The lowest BCUT2D eigenvalue weighted by Crippen LogP contribution is -2.46.